The van der Waals surface area contributed by atoms with Crippen molar-refractivity contribution < 1.29 is 9.53 Å². The van der Waals surface area contributed by atoms with Gasteiger partial charge in [-0.3, -0.25) is 4.79 Å². The number of hydrazone groups is 1. The maximum Gasteiger partial charge on any atom is 0.244 e. The van der Waals surface area contributed by atoms with E-state index in [9.17, 15) is 4.79 Å². The van der Waals surface area contributed by atoms with E-state index in [4.69, 9.17) is 4.74 Å². The van der Waals surface area contributed by atoms with Crippen LogP contribution in [-0.2, 0) is 11.4 Å². The van der Waals surface area contributed by atoms with Crippen molar-refractivity contribution >= 4 is 59.9 Å². The number of nitrogens with one attached hydrogen (secondary N) is 1. The Kier molecular flexibility index (Phi) is 6.70. The van der Waals surface area contributed by atoms with E-state index in [2.05, 4.69) is 65.2 Å². The van der Waals surface area contributed by atoms with Crippen LogP contribution in [0.2, 0.25) is 0 Å². The summed E-state index contributed by atoms with van der Waals surface area (Å²) in [5.41, 5.74) is 4.88. The third kappa shape index (κ3) is 4.68. The van der Waals surface area contributed by atoms with Crippen LogP contribution < -0.4 is 10.2 Å². The number of hydrogen-bond donors (Lipinski definition) is 1. The number of hydrogen-bond acceptors (Lipinski definition) is 3. The molecule has 7 heteroatoms. The largest absolute Gasteiger partial charge is 0.487 e. The minimum atomic E-state index is 0.0493. The summed E-state index contributed by atoms with van der Waals surface area (Å²) in [5, 5.41) is 4.19. The number of ether oxygens (including phenoxy) is 1. The van der Waals surface area contributed by atoms with E-state index < -0.39 is 0 Å². The average molecular weight is 599 g/mol. The molecule has 2 aliphatic rings. The molecule has 0 spiro atoms. The van der Waals surface area contributed by atoms with Crippen LogP contribution in [0.5, 0.6) is 5.75 Å². The number of carbonyl (C=O) groups is 1. The van der Waals surface area contributed by atoms with E-state index in [0.717, 1.165) is 36.7 Å². The number of rotatable bonds is 6. The summed E-state index contributed by atoms with van der Waals surface area (Å²) in [7, 11) is 0. The van der Waals surface area contributed by atoms with Gasteiger partial charge >= 0.3 is 0 Å². The Morgan fingerprint density at radius 2 is 1.90 bits per heavy atom. The SMILES string of the molecule is C[C@]12CCCC[C@@H]1[C@@H]2C(=O)N/N=C\c1cc(Br)c(OCc2ccc(Br)cc2)c(Br)c1. The smallest absolute Gasteiger partial charge is 0.244 e. The molecular weight excluding hydrogens is 576 g/mol. The third-order valence-electron chi connectivity index (χ3n) is 6.32. The van der Waals surface area contributed by atoms with Gasteiger partial charge in [-0.1, -0.05) is 47.8 Å². The van der Waals surface area contributed by atoms with Crippen LogP contribution in [0.15, 0.2) is 54.9 Å². The molecule has 0 radical (unpaired) electrons. The van der Waals surface area contributed by atoms with Crippen LogP contribution in [0.4, 0.5) is 0 Å². The average Bonchev–Trinajstić information content (AvgIpc) is 3.34. The molecule has 0 aliphatic heterocycles. The summed E-state index contributed by atoms with van der Waals surface area (Å²) >= 11 is 10.6. The molecule has 3 atom stereocenters. The molecule has 2 aromatic carbocycles. The minimum Gasteiger partial charge on any atom is -0.487 e. The first-order valence-electron chi connectivity index (χ1n) is 10.1. The molecule has 158 valence electrons. The van der Waals surface area contributed by atoms with Crippen molar-refractivity contribution in [1.82, 2.24) is 5.43 Å². The van der Waals surface area contributed by atoms with Gasteiger partial charge in [0.1, 0.15) is 12.4 Å². The van der Waals surface area contributed by atoms with Crippen LogP contribution >= 0.6 is 47.8 Å². The van der Waals surface area contributed by atoms with Crippen LogP contribution in [0.25, 0.3) is 0 Å². The Balaban J connectivity index is 1.36. The van der Waals surface area contributed by atoms with Crippen LogP contribution in [-0.4, -0.2) is 12.1 Å². The zero-order valence-corrected chi connectivity index (χ0v) is 21.4. The molecule has 2 saturated carbocycles. The zero-order chi connectivity index (χ0) is 21.3. The topological polar surface area (TPSA) is 50.7 Å². The second kappa shape index (κ2) is 9.13. The van der Waals surface area contributed by atoms with E-state index in [-0.39, 0.29) is 17.2 Å². The number of amides is 1. The molecule has 30 heavy (non-hydrogen) atoms. The molecule has 4 rings (SSSR count). The van der Waals surface area contributed by atoms with Crippen molar-refractivity contribution in [3.8, 4) is 5.75 Å². The first-order chi connectivity index (χ1) is 14.4. The van der Waals surface area contributed by atoms with E-state index in [1.807, 2.05) is 36.4 Å². The van der Waals surface area contributed by atoms with Crippen molar-refractivity contribution in [2.75, 3.05) is 0 Å². The Bertz CT molecular complexity index is 954. The predicted molar refractivity (Wildman–Crippen MR) is 130 cm³/mol. The quantitative estimate of drug-likeness (QED) is 0.293. The lowest BCUT2D eigenvalue weighted by Crippen LogP contribution is -2.22. The molecule has 1 amide bonds. The summed E-state index contributed by atoms with van der Waals surface area (Å²) < 4.78 is 8.66. The van der Waals surface area contributed by atoms with Crippen molar-refractivity contribution in [1.29, 1.82) is 0 Å². The van der Waals surface area contributed by atoms with Gasteiger partial charge in [-0.15, -0.1) is 0 Å². The highest BCUT2D eigenvalue weighted by Gasteiger charge is 2.64. The van der Waals surface area contributed by atoms with Crippen molar-refractivity contribution in [2.45, 2.75) is 39.2 Å². The number of carbonyl (C=O) groups excluding carboxylic acids is 1. The Morgan fingerprint density at radius 1 is 1.20 bits per heavy atom. The third-order valence-corrected chi connectivity index (χ3v) is 8.03. The molecule has 2 aliphatic carbocycles. The van der Waals surface area contributed by atoms with Crippen molar-refractivity contribution in [3.63, 3.8) is 0 Å². The first kappa shape index (κ1) is 22.0. The number of benzene rings is 2. The second-order valence-corrected chi connectivity index (χ2v) is 10.9. The van der Waals surface area contributed by atoms with Gasteiger partial charge in [-0.25, -0.2) is 5.43 Å². The van der Waals surface area contributed by atoms with E-state index in [1.54, 1.807) is 6.21 Å². The first-order valence-corrected chi connectivity index (χ1v) is 12.5. The van der Waals surface area contributed by atoms with Gasteiger partial charge in [0.05, 0.1) is 15.2 Å². The van der Waals surface area contributed by atoms with Crippen LogP contribution in [0.1, 0.15) is 43.7 Å². The molecule has 0 bridgehead atoms. The maximum atomic E-state index is 12.5. The van der Waals surface area contributed by atoms with Crippen LogP contribution in [0, 0.1) is 17.3 Å². The highest BCUT2D eigenvalue weighted by atomic mass is 79.9. The normalized spacial score (nSPS) is 25.1. The Labute approximate surface area is 202 Å². The summed E-state index contributed by atoms with van der Waals surface area (Å²) in [4.78, 5) is 12.5. The molecular formula is C23H23Br3N2O2. The molecule has 0 saturated heterocycles. The summed E-state index contributed by atoms with van der Waals surface area (Å²) in [6, 6.07) is 11.9. The molecule has 2 fully saturated rings. The van der Waals surface area contributed by atoms with Gasteiger partial charge in [0.25, 0.3) is 0 Å². The lowest BCUT2D eigenvalue weighted by Gasteiger charge is -2.15. The van der Waals surface area contributed by atoms with Gasteiger partial charge in [0, 0.05) is 10.4 Å². The Hall–Kier alpha value is -1.18. The van der Waals surface area contributed by atoms with Gasteiger partial charge in [-0.05, 0) is 91.4 Å². The molecule has 1 N–H and O–H groups in total. The highest BCUT2D eigenvalue weighted by molar-refractivity contribution is 9.11. The van der Waals surface area contributed by atoms with Gasteiger partial charge in [-0.2, -0.15) is 5.10 Å². The fourth-order valence-electron chi connectivity index (χ4n) is 4.62. The summed E-state index contributed by atoms with van der Waals surface area (Å²) in [6.45, 7) is 2.71. The van der Waals surface area contributed by atoms with E-state index >= 15 is 0 Å². The van der Waals surface area contributed by atoms with Crippen molar-refractivity contribution in [3.05, 3.63) is 60.9 Å². The second-order valence-electron chi connectivity index (χ2n) is 8.30. The predicted octanol–water partition coefficient (Wildman–Crippen LogP) is 6.83. The molecule has 0 aromatic heterocycles. The number of nitrogens with zero attached hydrogens (tertiary/aromatic N) is 1. The highest BCUT2D eigenvalue weighted by Crippen LogP contribution is 2.66. The summed E-state index contributed by atoms with van der Waals surface area (Å²) in [5.74, 6) is 1.43. The minimum absolute atomic E-state index is 0.0493. The number of halogens is 3. The van der Waals surface area contributed by atoms with E-state index in [0.29, 0.717) is 12.5 Å². The number of fused-ring (bicyclic) bond motifs is 1. The van der Waals surface area contributed by atoms with E-state index in [1.165, 1.54) is 19.3 Å². The molecule has 0 unspecified atom stereocenters. The fraction of sp³-hybridized carbons (Fsp3) is 0.391. The standard InChI is InChI=1S/C23H23Br3N2O2/c1-23-9-3-2-4-17(23)20(23)22(29)28-27-12-15-10-18(25)21(19(26)11-15)30-13-14-5-7-16(24)8-6-14/h5-8,10-12,17,20H,2-4,9,13H2,1H3,(H,28,29)/b27-12-/t17-,20-,23+/m1/s1. The van der Waals surface area contributed by atoms with Gasteiger partial charge < -0.3 is 4.74 Å². The molecule has 4 nitrogen and oxygen atoms in total. The fourth-order valence-corrected chi connectivity index (χ4v) is 6.33. The van der Waals surface area contributed by atoms with Crippen LogP contribution in [0.3, 0.4) is 0 Å². The van der Waals surface area contributed by atoms with Gasteiger partial charge in [0.15, 0.2) is 0 Å². The summed E-state index contributed by atoms with van der Waals surface area (Å²) in [6.07, 6.45) is 6.46. The Morgan fingerprint density at radius 3 is 2.53 bits per heavy atom. The lowest BCUT2D eigenvalue weighted by atomic mass is 9.90. The lowest BCUT2D eigenvalue weighted by molar-refractivity contribution is -0.123. The molecule has 0 heterocycles. The maximum absolute atomic E-state index is 12.5. The molecule has 2 aromatic rings. The van der Waals surface area contributed by atoms with Gasteiger partial charge in [0.2, 0.25) is 5.91 Å². The monoisotopic (exact) mass is 596 g/mol. The van der Waals surface area contributed by atoms with Crippen molar-refractivity contribution in [2.24, 2.45) is 22.4 Å². The zero-order valence-electron chi connectivity index (χ0n) is 16.6.